The van der Waals surface area contributed by atoms with E-state index in [1.165, 1.54) is 0 Å². The molecule has 2 heterocycles. The van der Waals surface area contributed by atoms with E-state index >= 15 is 0 Å². The van der Waals surface area contributed by atoms with E-state index in [9.17, 15) is 0 Å². The predicted octanol–water partition coefficient (Wildman–Crippen LogP) is 1.74. The quantitative estimate of drug-likeness (QED) is 0.720. The van der Waals surface area contributed by atoms with Gasteiger partial charge in [-0.1, -0.05) is 24.3 Å². The lowest BCUT2D eigenvalue weighted by Gasteiger charge is -2.00. The summed E-state index contributed by atoms with van der Waals surface area (Å²) >= 11 is 0. The Balaban J connectivity index is 2.23. The highest BCUT2D eigenvalue weighted by Crippen LogP contribution is 2.24. The molecule has 0 radical (unpaired) electrons. The normalized spacial score (nSPS) is 10.9. The third kappa shape index (κ3) is 1.66. The van der Waals surface area contributed by atoms with Crippen LogP contribution in [0.15, 0.2) is 40.9 Å². The number of fused-ring (bicyclic) bond motifs is 1. The van der Waals surface area contributed by atoms with Crippen molar-refractivity contribution in [3.8, 4) is 11.6 Å². The minimum absolute atomic E-state index is 0.234. The smallest absolute Gasteiger partial charge is 0.266 e. The van der Waals surface area contributed by atoms with Gasteiger partial charge in [0.2, 0.25) is 5.89 Å². The Hall–Kier alpha value is -2.27. The Labute approximate surface area is 97.3 Å². The van der Waals surface area contributed by atoms with Crippen LogP contribution in [-0.4, -0.2) is 15.2 Å². The molecule has 0 fully saturated rings. The van der Waals surface area contributed by atoms with Crippen LogP contribution in [0, 0.1) is 0 Å². The third-order valence-electron chi connectivity index (χ3n) is 2.52. The maximum atomic E-state index is 5.44. The Kier molecular flexibility index (Phi) is 2.31. The van der Waals surface area contributed by atoms with Gasteiger partial charge in [0, 0.05) is 11.6 Å². The van der Waals surface area contributed by atoms with Gasteiger partial charge < -0.3 is 10.2 Å². The molecule has 0 amide bonds. The van der Waals surface area contributed by atoms with E-state index in [1.54, 1.807) is 6.20 Å². The molecule has 5 nitrogen and oxygen atoms in total. The van der Waals surface area contributed by atoms with E-state index in [1.807, 2.05) is 30.3 Å². The van der Waals surface area contributed by atoms with Crippen LogP contribution in [0.1, 0.15) is 5.89 Å². The molecule has 3 rings (SSSR count). The first-order valence-corrected chi connectivity index (χ1v) is 5.25. The number of hydrogen-bond donors (Lipinski definition) is 1. The van der Waals surface area contributed by atoms with Gasteiger partial charge in [0.15, 0.2) is 0 Å². The Morgan fingerprint density at radius 1 is 1.12 bits per heavy atom. The van der Waals surface area contributed by atoms with Crippen molar-refractivity contribution in [1.29, 1.82) is 0 Å². The standard InChI is InChI=1S/C12H10N4O/c13-7-10-15-16-12(17-10)11-9-4-2-1-3-8(9)5-6-14-11/h1-6H,7,13H2. The van der Waals surface area contributed by atoms with Gasteiger partial charge in [0.25, 0.3) is 5.89 Å². The van der Waals surface area contributed by atoms with Gasteiger partial charge in [-0.05, 0) is 11.5 Å². The molecule has 0 aliphatic rings. The van der Waals surface area contributed by atoms with Crippen molar-refractivity contribution in [3.05, 3.63) is 42.4 Å². The van der Waals surface area contributed by atoms with Crippen molar-refractivity contribution in [3.63, 3.8) is 0 Å². The lowest BCUT2D eigenvalue weighted by Crippen LogP contribution is -1.95. The topological polar surface area (TPSA) is 77.8 Å². The largest absolute Gasteiger partial charge is 0.418 e. The van der Waals surface area contributed by atoms with Crippen LogP contribution in [0.3, 0.4) is 0 Å². The van der Waals surface area contributed by atoms with Gasteiger partial charge in [-0.2, -0.15) is 0 Å². The SMILES string of the molecule is NCc1nnc(-c2nccc3ccccc23)o1. The lowest BCUT2D eigenvalue weighted by atomic mass is 10.1. The van der Waals surface area contributed by atoms with Gasteiger partial charge >= 0.3 is 0 Å². The van der Waals surface area contributed by atoms with Crippen molar-refractivity contribution >= 4 is 10.8 Å². The summed E-state index contributed by atoms with van der Waals surface area (Å²) in [5, 5.41) is 9.86. The number of rotatable bonds is 2. The molecule has 17 heavy (non-hydrogen) atoms. The Bertz CT molecular complexity index is 657. The lowest BCUT2D eigenvalue weighted by molar-refractivity contribution is 0.507. The first kappa shape index (κ1) is 9.92. The highest BCUT2D eigenvalue weighted by Gasteiger charge is 2.11. The summed E-state index contributed by atoms with van der Waals surface area (Å²) in [6.45, 7) is 0.234. The summed E-state index contributed by atoms with van der Waals surface area (Å²) in [6, 6.07) is 9.86. The maximum absolute atomic E-state index is 5.44. The van der Waals surface area contributed by atoms with Crippen LogP contribution in [0.4, 0.5) is 0 Å². The molecule has 0 aliphatic heterocycles. The number of hydrogen-bond acceptors (Lipinski definition) is 5. The Morgan fingerprint density at radius 2 is 2.00 bits per heavy atom. The van der Waals surface area contributed by atoms with Crippen molar-refractivity contribution < 1.29 is 4.42 Å². The number of benzene rings is 1. The van der Waals surface area contributed by atoms with Gasteiger partial charge in [-0.3, -0.25) is 4.98 Å². The van der Waals surface area contributed by atoms with Crippen molar-refractivity contribution in [2.75, 3.05) is 0 Å². The molecule has 0 spiro atoms. The average molecular weight is 226 g/mol. The zero-order valence-corrected chi connectivity index (χ0v) is 9.00. The second kappa shape index (κ2) is 3.95. The molecule has 3 aromatic rings. The highest BCUT2D eigenvalue weighted by molar-refractivity contribution is 5.92. The number of pyridine rings is 1. The fraction of sp³-hybridized carbons (Fsp3) is 0.0833. The molecular formula is C12H10N4O. The van der Waals surface area contributed by atoms with Gasteiger partial charge in [0.1, 0.15) is 5.69 Å². The molecule has 84 valence electrons. The van der Waals surface area contributed by atoms with Gasteiger partial charge in [-0.25, -0.2) is 0 Å². The van der Waals surface area contributed by atoms with Crippen molar-refractivity contribution in [2.45, 2.75) is 6.54 Å². The van der Waals surface area contributed by atoms with E-state index in [-0.39, 0.29) is 6.54 Å². The first-order chi connectivity index (χ1) is 8.38. The third-order valence-corrected chi connectivity index (χ3v) is 2.52. The molecule has 1 aromatic carbocycles. The maximum Gasteiger partial charge on any atom is 0.266 e. The van der Waals surface area contributed by atoms with E-state index in [0.717, 1.165) is 10.8 Å². The summed E-state index contributed by atoms with van der Waals surface area (Å²) in [7, 11) is 0. The molecule has 0 bridgehead atoms. The summed E-state index contributed by atoms with van der Waals surface area (Å²) in [6.07, 6.45) is 1.73. The van der Waals surface area contributed by atoms with Gasteiger partial charge in [0.05, 0.1) is 6.54 Å². The van der Waals surface area contributed by atoms with Crippen LogP contribution in [0.25, 0.3) is 22.4 Å². The number of nitrogens with zero attached hydrogens (tertiary/aromatic N) is 3. The van der Waals surface area contributed by atoms with Crippen molar-refractivity contribution in [2.24, 2.45) is 5.73 Å². The number of nitrogens with two attached hydrogens (primary N) is 1. The minimum atomic E-state index is 0.234. The summed E-state index contributed by atoms with van der Waals surface area (Å²) in [5.74, 6) is 0.817. The van der Waals surface area contributed by atoms with E-state index in [4.69, 9.17) is 10.2 Å². The summed E-state index contributed by atoms with van der Waals surface area (Å²) in [4.78, 5) is 4.29. The minimum Gasteiger partial charge on any atom is -0.418 e. The van der Waals surface area contributed by atoms with Crippen LogP contribution >= 0.6 is 0 Å². The van der Waals surface area contributed by atoms with Crippen LogP contribution < -0.4 is 5.73 Å². The van der Waals surface area contributed by atoms with E-state index in [2.05, 4.69) is 15.2 Å². The molecule has 5 heteroatoms. The fourth-order valence-corrected chi connectivity index (χ4v) is 1.72. The fourth-order valence-electron chi connectivity index (χ4n) is 1.72. The second-order valence-corrected chi connectivity index (χ2v) is 3.59. The summed E-state index contributed by atoms with van der Waals surface area (Å²) < 4.78 is 5.42. The second-order valence-electron chi connectivity index (χ2n) is 3.59. The van der Waals surface area contributed by atoms with E-state index in [0.29, 0.717) is 17.5 Å². The first-order valence-electron chi connectivity index (χ1n) is 5.25. The van der Waals surface area contributed by atoms with E-state index < -0.39 is 0 Å². The average Bonchev–Trinajstić information content (AvgIpc) is 2.87. The molecule has 0 saturated heterocycles. The highest BCUT2D eigenvalue weighted by atomic mass is 16.4. The van der Waals surface area contributed by atoms with Crippen LogP contribution in [-0.2, 0) is 6.54 Å². The molecule has 0 atom stereocenters. The molecule has 0 aliphatic carbocycles. The Morgan fingerprint density at radius 3 is 2.82 bits per heavy atom. The zero-order chi connectivity index (χ0) is 11.7. The van der Waals surface area contributed by atoms with Crippen LogP contribution in [0.5, 0.6) is 0 Å². The molecular weight excluding hydrogens is 216 g/mol. The molecule has 0 unspecified atom stereocenters. The molecule has 2 N–H and O–H groups in total. The zero-order valence-electron chi connectivity index (χ0n) is 9.00. The van der Waals surface area contributed by atoms with Crippen LogP contribution in [0.2, 0.25) is 0 Å². The predicted molar refractivity (Wildman–Crippen MR) is 62.9 cm³/mol. The summed E-state index contributed by atoms with van der Waals surface area (Å²) in [5.41, 5.74) is 6.13. The van der Waals surface area contributed by atoms with Gasteiger partial charge in [-0.15, -0.1) is 10.2 Å². The molecule has 0 saturated carbocycles. The monoisotopic (exact) mass is 226 g/mol. The van der Waals surface area contributed by atoms with Crippen molar-refractivity contribution in [1.82, 2.24) is 15.2 Å². The molecule has 2 aromatic heterocycles. The number of aromatic nitrogens is 3.